The van der Waals surface area contributed by atoms with E-state index in [1.165, 1.54) is 11.5 Å². The number of rotatable bonds is 6. The van der Waals surface area contributed by atoms with Crippen molar-refractivity contribution in [3.63, 3.8) is 0 Å². The first kappa shape index (κ1) is 18.5. The van der Waals surface area contributed by atoms with Crippen LogP contribution < -0.4 is 18.9 Å². The number of benzene rings is 2. The van der Waals surface area contributed by atoms with Gasteiger partial charge < -0.3 is 18.9 Å². The summed E-state index contributed by atoms with van der Waals surface area (Å²) in [6, 6.07) is 9.90. The molecule has 3 rings (SSSR count). The summed E-state index contributed by atoms with van der Waals surface area (Å²) in [5.41, 5.74) is 3.65. The zero-order valence-corrected chi connectivity index (χ0v) is 17.2. The van der Waals surface area contributed by atoms with Crippen LogP contribution in [0.4, 0.5) is 0 Å². The molecule has 0 spiro atoms. The Morgan fingerprint density at radius 3 is 2.04 bits per heavy atom. The Labute approximate surface area is 164 Å². The quantitative estimate of drug-likeness (QED) is 0.527. The van der Waals surface area contributed by atoms with Crippen LogP contribution in [0.3, 0.4) is 0 Å². The third-order valence-corrected chi connectivity index (χ3v) is 5.12. The van der Waals surface area contributed by atoms with Crippen molar-refractivity contribution in [1.82, 2.24) is 4.37 Å². The van der Waals surface area contributed by atoms with Crippen molar-refractivity contribution in [2.75, 3.05) is 28.4 Å². The maximum absolute atomic E-state index is 5.65. The molecule has 0 aliphatic rings. The monoisotopic (exact) mass is 435 g/mol. The largest absolute Gasteiger partial charge is 0.493 e. The fourth-order valence-corrected chi connectivity index (χ4v) is 3.75. The van der Waals surface area contributed by atoms with Gasteiger partial charge in [0.1, 0.15) is 0 Å². The number of hydrogen-bond donors (Lipinski definition) is 0. The molecule has 0 aliphatic heterocycles. The van der Waals surface area contributed by atoms with Gasteiger partial charge in [-0.1, -0.05) is 28.1 Å². The summed E-state index contributed by atoms with van der Waals surface area (Å²) in [6.45, 7) is 0. The summed E-state index contributed by atoms with van der Waals surface area (Å²) in [6.07, 6.45) is 0. The Hall–Kier alpha value is -2.25. The van der Waals surface area contributed by atoms with Gasteiger partial charge in [0.05, 0.1) is 34.1 Å². The lowest BCUT2D eigenvalue weighted by molar-refractivity contribution is 0.306. The Bertz CT molecular complexity index is 909. The van der Waals surface area contributed by atoms with E-state index >= 15 is 0 Å². The van der Waals surface area contributed by atoms with Crippen LogP contribution in [-0.4, -0.2) is 32.8 Å². The number of halogens is 1. The molecule has 1 aromatic heterocycles. The van der Waals surface area contributed by atoms with E-state index in [4.69, 9.17) is 18.9 Å². The first-order chi connectivity index (χ1) is 12.6. The highest BCUT2D eigenvalue weighted by molar-refractivity contribution is 9.10. The van der Waals surface area contributed by atoms with E-state index in [-0.39, 0.29) is 0 Å². The Morgan fingerprint density at radius 1 is 0.808 bits per heavy atom. The Balaban J connectivity index is 2.25. The molecular weight excluding hydrogens is 418 g/mol. The predicted molar refractivity (Wildman–Crippen MR) is 107 cm³/mol. The molecule has 0 fully saturated rings. The van der Waals surface area contributed by atoms with Gasteiger partial charge in [-0.15, -0.1) is 0 Å². The molecule has 7 heteroatoms. The zero-order chi connectivity index (χ0) is 18.7. The molecule has 0 bridgehead atoms. The molecule has 0 saturated carbocycles. The van der Waals surface area contributed by atoms with Crippen LogP contribution in [0, 0.1) is 0 Å². The molecule has 1 heterocycles. The smallest absolute Gasteiger partial charge is 0.207 e. The Kier molecular flexibility index (Phi) is 5.68. The van der Waals surface area contributed by atoms with Gasteiger partial charge in [0.15, 0.2) is 11.5 Å². The van der Waals surface area contributed by atoms with Gasteiger partial charge in [0.25, 0.3) is 0 Å². The molecule has 2 aromatic carbocycles. The van der Waals surface area contributed by atoms with Gasteiger partial charge in [-0.05, 0) is 29.7 Å². The van der Waals surface area contributed by atoms with Crippen molar-refractivity contribution in [2.45, 2.75) is 0 Å². The molecule has 136 valence electrons. The molecule has 0 radical (unpaired) electrons. The maximum atomic E-state index is 5.65. The van der Waals surface area contributed by atoms with Gasteiger partial charge in [-0.25, -0.2) is 0 Å². The highest BCUT2D eigenvalue weighted by atomic mass is 79.9. The molecule has 0 amide bonds. The van der Waals surface area contributed by atoms with Crippen LogP contribution in [0.5, 0.6) is 23.0 Å². The number of nitrogens with zero attached hydrogens (tertiary/aromatic N) is 1. The molecule has 3 aromatic rings. The number of ether oxygens (including phenoxy) is 4. The fraction of sp³-hybridized carbons (Fsp3) is 0.211. The minimum absolute atomic E-state index is 0.484. The van der Waals surface area contributed by atoms with Crippen LogP contribution in [0.25, 0.3) is 22.4 Å². The average molecular weight is 436 g/mol. The van der Waals surface area contributed by atoms with Gasteiger partial charge in [0.2, 0.25) is 11.5 Å². The van der Waals surface area contributed by atoms with Gasteiger partial charge in [0, 0.05) is 26.5 Å². The molecule has 26 heavy (non-hydrogen) atoms. The number of methoxy groups -OCH3 is 4. The van der Waals surface area contributed by atoms with E-state index in [9.17, 15) is 0 Å². The minimum atomic E-state index is 0.484. The van der Waals surface area contributed by atoms with Crippen molar-refractivity contribution < 1.29 is 18.9 Å². The topological polar surface area (TPSA) is 49.8 Å². The van der Waals surface area contributed by atoms with E-state index in [1.54, 1.807) is 28.4 Å². The van der Waals surface area contributed by atoms with Crippen molar-refractivity contribution >= 4 is 27.5 Å². The average Bonchev–Trinajstić information content (AvgIpc) is 3.16. The molecule has 0 unspecified atom stereocenters. The minimum Gasteiger partial charge on any atom is -0.493 e. The van der Waals surface area contributed by atoms with Crippen LogP contribution in [-0.2, 0) is 0 Å². The first-order valence-electron chi connectivity index (χ1n) is 7.72. The predicted octanol–water partition coefficient (Wildman–Crippen LogP) is 5.27. The van der Waals surface area contributed by atoms with Crippen LogP contribution in [0.15, 0.2) is 40.2 Å². The lowest BCUT2D eigenvalue weighted by Gasteiger charge is -2.18. The summed E-state index contributed by atoms with van der Waals surface area (Å²) >= 11 is 4.85. The fourth-order valence-electron chi connectivity index (χ4n) is 2.78. The highest BCUT2D eigenvalue weighted by Gasteiger charge is 2.24. The van der Waals surface area contributed by atoms with Crippen molar-refractivity contribution in [1.29, 1.82) is 0 Å². The standard InChI is InChI=1S/C19H18BrNO4S/c1-22-15-9-13(17(23-2)19(25-4)18(15)24-3)14-10-26-21-16(14)11-5-7-12(20)8-6-11/h5-10H,1-4H3. The van der Waals surface area contributed by atoms with Crippen LogP contribution in [0.2, 0.25) is 0 Å². The SMILES string of the molecule is COc1cc(-c2csnc2-c2ccc(Br)cc2)c(OC)c(OC)c1OC. The highest BCUT2D eigenvalue weighted by Crippen LogP contribution is 2.51. The normalized spacial score (nSPS) is 10.5. The molecule has 0 aliphatic carbocycles. The van der Waals surface area contributed by atoms with E-state index in [0.29, 0.717) is 23.0 Å². The van der Waals surface area contributed by atoms with Gasteiger partial charge >= 0.3 is 0 Å². The van der Waals surface area contributed by atoms with E-state index in [0.717, 1.165) is 26.9 Å². The maximum Gasteiger partial charge on any atom is 0.207 e. The number of hydrogen-bond acceptors (Lipinski definition) is 6. The van der Waals surface area contributed by atoms with Gasteiger partial charge in [-0.2, -0.15) is 4.37 Å². The number of aromatic nitrogens is 1. The third kappa shape index (κ3) is 3.24. The lowest BCUT2D eigenvalue weighted by Crippen LogP contribution is -2.00. The summed E-state index contributed by atoms with van der Waals surface area (Å²) < 4.78 is 27.7. The second-order valence-corrected chi connectivity index (χ2v) is 6.85. The Morgan fingerprint density at radius 2 is 1.46 bits per heavy atom. The van der Waals surface area contributed by atoms with Crippen molar-refractivity contribution in [3.05, 3.63) is 40.2 Å². The van der Waals surface area contributed by atoms with E-state index in [2.05, 4.69) is 20.3 Å². The third-order valence-electron chi connectivity index (χ3n) is 3.97. The van der Waals surface area contributed by atoms with E-state index in [1.807, 2.05) is 35.7 Å². The van der Waals surface area contributed by atoms with Crippen molar-refractivity contribution in [2.24, 2.45) is 0 Å². The van der Waals surface area contributed by atoms with Gasteiger partial charge in [-0.3, -0.25) is 0 Å². The second-order valence-electron chi connectivity index (χ2n) is 5.31. The van der Waals surface area contributed by atoms with Crippen molar-refractivity contribution in [3.8, 4) is 45.4 Å². The summed E-state index contributed by atoms with van der Waals surface area (Å²) in [5, 5.41) is 1.99. The summed E-state index contributed by atoms with van der Waals surface area (Å²) in [7, 11) is 6.34. The summed E-state index contributed by atoms with van der Waals surface area (Å²) in [5.74, 6) is 2.11. The lowest BCUT2D eigenvalue weighted by atomic mass is 10.00. The van der Waals surface area contributed by atoms with Crippen LogP contribution in [0.1, 0.15) is 0 Å². The summed E-state index contributed by atoms with van der Waals surface area (Å²) in [4.78, 5) is 0. The second kappa shape index (κ2) is 7.97. The van der Waals surface area contributed by atoms with E-state index < -0.39 is 0 Å². The molecular formula is C19H18BrNO4S. The molecule has 5 nitrogen and oxygen atoms in total. The first-order valence-corrected chi connectivity index (χ1v) is 9.35. The molecule has 0 N–H and O–H groups in total. The molecule has 0 saturated heterocycles. The molecule has 0 atom stereocenters. The van der Waals surface area contributed by atoms with Crippen LogP contribution >= 0.6 is 27.5 Å². The zero-order valence-electron chi connectivity index (χ0n) is 14.8.